The van der Waals surface area contributed by atoms with Gasteiger partial charge in [0.2, 0.25) is 0 Å². The second kappa shape index (κ2) is 8.24. The summed E-state index contributed by atoms with van der Waals surface area (Å²) in [5.74, 6) is 0.439. The van der Waals surface area contributed by atoms with Gasteiger partial charge in [-0.15, -0.1) is 0 Å². The van der Waals surface area contributed by atoms with Crippen LogP contribution in [0.25, 0.3) is 22.3 Å². The minimum Gasteiger partial charge on any atom is -0.378 e. The van der Waals surface area contributed by atoms with Crippen molar-refractivity contribution in [2.45, 2.75) is 53.0 Å². The number of hydrogen-bond donors (Lipinski definition) is 3. The second-order valence-electron chi connectivity index (χ2n) is 10.2. The third-order valence-corrected chi connectivity index (χ3v) is 6.86. The average molecular weight is 424 g/mol. The van der Waals surface area contributed by atoms with Crippen LogP contribution < -0.4 is 4.90 Å². The van der Waals surface area contributed by atoms with Crippen LogP contribution in [-0.4, -0.2) is 47.9 Å². The molecule has 1 aromatic carbocycles. The van der Waals surface area contributed by atoms with E-state index in [1.165, 1.54) is 17.7 Å². The number of nitrogens with zero attached hydrogens (tertiary/aromatic N) is 1. The Morgan fingerprint density at radius 3 is 2.77 bits per heavy atom. The summed E-state index contributed by atoms with van der Waals surface area (Å²) < 4.78 is 5.36. The SMILES string of the molecule is COCC(C(C)C)[NH+](C)C(=O)c1ccc2cc(-c3n[nH]c4c3CCC(C)(C)C4)[nH]c2c1. The van der Waals surface area contributed by atoms with E-state index in [9.17, 15) is 4.79 Å². The number of ether oxygens (including phenoxy) is 1. The van der Waals surface area contributed by atoms with Crippen molar-refractivity contribution in [3.05, 3.63) is 41.1 Å². The Labute approximate surface area is 184 Å². The van der Waals surface area contributed by atoms with Crippen molar-refractivity contribution < 1.29 is 14.4 Å². The van der Waals surface area contributed by atoms with Gasteiger partial charge < -0.3 is 9.72 Å². The van der Waals surface area contributed by atoms with E-state index in [1.807, 2.05) is 25.2 Å². The molecule has 0 fully saturated rings. The highest BCUT2D eigenvalue weighted by Crippen LogP contribution is 2.38. The van der Waals surface area contributed by atoms with Crippen LogP contribution >= 0.6 is 0 Å². The number of methoxy groups -OCH3 is 1. The number of aromatic amines is 2. The highest BCUT2D eigenvalue weighted by molar-refractivity contribution is 5.94. The number of carbonyl (C=O) groups is 1. The molecular formula is C25H35N4O2+. The molecular weight excluding hydrogens is 388 g/mol. The van der Waals surface area contributed by atoms with E-state index in [4.69, 9.17) is 4.74 Å². The van der Waals surface area contributed by atoms with Crippen molar-refractivity contribution in [2.75, 3.05) is 20.8 Å². The number of H-pyrrole nitrogens is 2. The van der Waals surface area contributed by atoms with E-state index in [0.29, 0.717) is 23.5 Å². The lowest BCUT2D eigenvalue weighted by Crippen LogP contribution is -3.16. The van der Waals surface area contributed by atoms with Gasteiger partial charge in [0.25, 0.3) is 0 Å². The van der Waals surface area contributed by atoms with E-state index >= 15 is 0 Å². The summed E-state index contributed by atoms with van der Waals surface area (Å²) in [6.45, 7) is 9.45. The zero-order valence-corrected chi connectivity index (χ0v) is 19.6. The number of benzene rings is 1. The Kier molecular flexibility index (Phi) is 5.79. The first-order chi connectivity index (χ1) is 14.7. The Morgan fingerprint density at radius 1 is 1.29 bits per heavy atom. The second-order valence-corrected chi connectivity index (χ2v) is 10.2. The molecule has 0 saturated heterocycles. The molecule has 0 aliphatic heterocycles. The molecule has 2 unspecified atom stereocenters. The molecule has 0 spiro atoms. The first-order valence-electron chi connectivity index (χ1n) is 11.3. The number of quaternary nitrogens is 1. The molecule has 1 aliphatic rings. The van der Waals surface area contributed by atoms with Crippen LogP contribution in [-0.2, 0) is 17.6 Å². The molecule has 2 aromatic heterocycles. The largest absolute Gasteiger partial charge is 0.378 e. The summed E-state index contributed by atoms with van der Waals surface area (Å²) in [4.78, 5) is 17.5. The minimum absolute atomic E-state index is 0.0909. The molecule has 6 nitrogen and oxygen atoms in total. The molecule has 4 rings (SSSR count). The molecule has 166 valence electrons. The predicted molar refractivity (Wildman–Crippen MR) is 123 cm³/mol. The number of aromatic nitrogens is 3. The fourth-order valence-electron chi connectivity index (χ4n) is 4.86. The van der Waals surface area contributed by atoms with Crippen molar-refractivity contribution in [3.63, 3.8) is 0 Å². The van der Waals surface area contributed by atoms with Gasteiger partial charge in [-0.3, -0.25) is 10.00 Å². The van der Waals surface area contributed by atoms with Gasteiger partial charge in [-0.25, -0.2) is 4.79 Å². The van der Waals surface area contributed by atoms with Crippen LogP contribution in [0.1, 0.15) is 55.7 Å². The first kappa shape index (κ1) is 21.8. The molecule has 3 aromatic rings. The molecule has 1 amide bonds. The van der Waals surface area contributed by atoms with Gasteiger partial charge >= 0.3 is 5.91 Å². The lowest BCUT2D eigenvalue weighted by atomic mass is 9.76. The van der Waals surface area contributed by atoms with Crippen LogP contribution in [0.5, 0.6) is 0 Å². The van der Waals surface area contributed by atoms with Crippen molar-refractivity contribution in [2.24, 2.45) is 11.3 Å². The normalized spacial score (nSPS) is 17.6. The van der Waals surface area contributed by atoms with Gasteiger partial charge in [0.15, 0.2) is 0 Å². The van der Waals surface area contributed by atoms with Gasteiger partial charge in [0.1, 0.15) is 11.7 Å². The Balaban J connectivity index is 1.63. The van der Waals surface area contributed by atoms with Crippen molar-refractivity contribution >= 4 is 16.8 Å². The molecule has 2 heterocycles. The summed E-state index contributed by atoms with van der Waals surface area (Å²) >= 11 is 0. The van der Waals surface area contributed by atoms with Crippen LogP contribution in [0.2, 0.25) is 0 Å². The maximum Gasteiger partial charge on any atom is 0.344 e. The fraction of sp³-hybridized carbons (Fsp3) is 0.520. The van der Waals surface area contributed by atoms with E-state index < -0.39 is 0 Å². The zero-order valence-electron chi connectivity index (χ0n) is 19.6. The van der Waals surface area contributed by atoms with Gasteiger partial charge in [-0.1, -0.05) is 33.8 Å². The predicted octanol–water partition coefficient (Wildman–Crippen LogP) is 3.40. The summed E-state index contributed by atoms with van der Waals surface area (Å²) in [7, 11) is 3.63. The van der Waals surface area contributed by atoms with Gasteiger partial charge in [0.05, 0.1) is 24.9 Å². The number of rotatable bonds is 6. The Bertz CT molecular complexity index is 1090. The zero-order chi connectivity index (χ0) is 22.3. The highest BCUT2D eigenvalue weighted by atomic mass is 16.5. The smallest absolute Gasteiger partial charge is 0.344 e. The highest BCUT2D eigenvalue weighted by Gasteiger charge is 2.31. The molecule has 3 N–H and O–H groups in total. The van der Waals surface area contributed by atoms with Crippen LogP contribution in [0, 0.1) is 11.3 Å². The van der Waals surface area contributed by atoms with Crippen LogP contribution in [0.4, 0.5) is 0 Å². The fourth-order valence-corrected chi connectivity index (χ4v) is 4.86. The van der Waals surface area contributed by atoms with Gasteiger partial charge in [0, 0.05) is 35.2 Å². The molecule has 6 heteroatoms. The minimum atomic E-state index is 0.0909. The van der Waals surface area contributed by atoms with Crippen LogP contribution in [0.15, 0.2) is 24.3 Å². The van der Waals surface area contributed by atoms with E-state index in [0.717, 1.165) is 40.0 Å². The maximum atomic E-state index is 13.2. The molecule has 1 aliphatic carbocycles. The Hall–Kier alpha value is -2.44. The summed E-state index contributed by atoms with van der Waals surface area (Å²) in [6.07, 6.45) is 3.23. The monoisotopic (exact) mass is 423 g/mol. The summed E-state index contributed by atoms with van der Waals surface area (Å²) in [5.41, 5.74) is 6.60. The van der Waals surface area contributed by atoms with E-state index in [-0.39, 0.29) is 11.9 Å². The topological polar surface area (TPSA) is 75.2 Å². The first-order valence-corrected chi connectivity index (χ1v) is 11.3. The van der Waals surface area contributed by atoms with Crippen molar-refractivity contribution in [3.8, 4) is 11.4 Å². The summed E-state index contributed by atoms with van der Waals surface area (Å²) in [5, 5.41) is 8.99. The molecule has 0 radical (unpaired) electrons. The number of amides is 1. The van der Waals surface area contributed by atoms with E-state index in [2.05, 4.69) is 48.9 Å². The molecule has 0 saturated carbocycles. The Morgan fingerprint density at radius 2 is 2.06 bits per heavy atom. The summed E-state index contributed by atoms with van der Waals surface area (Å²) in [6, 6.07) is 8.18. The lowest BCUT2D eigenvalue weighted by molar-refractivity contribution is -0.826. The molecule has 2 atom stereocenters. The maximum absolute atomic E-state index is 13.2. The van der Waals surface area contributed by atoms with Gasteiger partial charge in [-0.2, -0.15) is 5.10 Å². The third kappa shape index (κ3) is 4.19. The number of likely N-dealkylation sites (N-methyl/N-ethyl adjacent to an activating group) is 1. The molecule has 31 heavy (non-hydrogen) atoms. The standard InChI is InChI=1S/C25H34N4O2/c1-15(2)22(14-31-6)29(5)24(30)17-8-7-16-11-20(26-19(16)12-17)23-18-9-10-25(3,4)13-21(18)27-28-23/h7-8,11-12,15,22,26H,9-10,13-14H2,1-6H3,(H,27,28)/p+1. The van der Waals surface area contributed by atoms with Gasteiger partial charge in [-0.05, 0) is 42.9 Å². The number of hydrogen-bond acceptors (Lipinski definition) is 3. The lowest BCUT2D eigenvalue weighted by Gasteiger charge is -2.28. The number of nitrogens with one attached hydrogen (secondary N) is 3. The third-order valence-electron chi connectivity index (χ3n) is 6.86. The van der Waals surface area contributed by atoms with Crippen molar-refractivity contribution in [1.82, 2.24) is 15.2 Å². The quantitative estimate of drug-likeness (QED) is 0.569. The molecule has 0 bridgehead atoms. The average Bonchev–Trinajstić information content (AvgIpc) is 3.32. The van der Waals surface area contributed by atoms with Crippen molar-refractivity contribution in [1.29, 1.82) is 0 Å². The van der Waals surface area contributed by atoms with Crippen LogP contribution in [0.3, 0.4) is 0 Å². The number of fused-ring (bicyclic) bond motifs is 2. The van der Waals surface area contributed by atoms with E-state index in [1.54, 1.807) is 7.11 Å². The number of carbonyl (C=O) groups excluding carboxylic acids is 1.